The second-order valence-electron chi connectivity index (χ2n) is 7.00. The van der Waals surface area contributed by atoms with Gasteiger partial charge in [0.05, 0.1) is 13.2 Å². The van der Waals surface area contributed by atoms with Crippen molar-refractivity contribution in [3.63, 3.8) is 0 Å². The van der Waals surface area contributed by atoms with Crippen LogP contribution in [0.5, 0.6) is 0 Å². The van der Waals surface area contributed by atoms with Crippen LogP contribution < -0.4 is 0 Å². The molecular weight excluding hydrogens is 376 g/mol. The van der Waals surface area contributed by atoms with Gasteiger partial charge in [0.1, 0.15) is 0 Å². The van der Waals surface area contributed by atoms with Crippen molar-refractivity contribution in [2.75, 3.05) is 13.2 Å². The fourth-order valence-electron chi connectivity index (χ4n) is 3.44. The third kappa shape index (κ3) is 3.89. The monoisotopic (exact) mass is 398 g/mol. The second-order valence-corrected chi connectivity index (χ2v) is 7.00. The zero-order valence-corrected chi connectivity index (χ0v) is 16.2. The number of hydrogen-bond acceptors (Lipinski definition) is 7. The van der Waals surface area contributed by atoms with Gasteiger partial charge in [0.15, 0.2) is 12.2 Å². The van der Waals surface area contributed by atoms with Crippen LogP contribution in [-0.2, 0) is 44.8 Å². The van der Waals surface area contributed by atoms with Gasteiger partial charge in [0, 0.05) is 25.0 Å². The molecule has 2 heterocycles. The molecule has 4 atom stereocenters. The summed E-state index contributed by atoms with van der Waals surface area (Å²) >= 11 is 0. The molecule has 0 radical (unpaired) electrons. The highest BCUT2D eigenvalue weighted by Gasteiger charge is 2.63. The highest BCUT2D eigenvalue weighted by Crippen LogP contribution is 2.49. The van der Waals surface area contributed by atoms with E-state index in [1.807, 2.05) is 36.4 Å². The van der Waals surface area contributed by atoms with Gasteiger partial charge < -0.3 is 18.9 Å². The maximum atomic E-state index is 12.1. The first kappa shape index (κ1) is 19.6. The predicted octanol–water partition coefficient (Wildman–Crippen LogP) is 2.63. The van der Waals surface area contributed by atoms with Crippen LogP contribution in [-0.4, -0.2) is 37.4 Å². The lowest BCUT2D eigenvalue weighted by molar-refractivity contribution is -0.362. The Morgan fingerprint density at radius 2 is 1.10 bits per heavy atom. The van der Waals surface area contributed by atoms with Crippen molar-refractivity contribution in [2.24, 2.45) is 0 Å². The Bertz CT molecular complexity index is 803. The molecule has 0 bridgehead atoms. The van der Waals surface area contributed by atoms with Crippen LogP contribution in [0.4, 0.5) is 0 Å². The van der Waals surface area contributed by atoms with Crippen LogP contribution in [0.2, 0.25) is 0 Å². The summed E-state index contributed by atoms with van der Waals surface area (Å²) in [5, 5.41) is 0. The highest BCUT2D eigenvalue weighted by molar-refractivity contribution is 5.67. The summed E-state index contributed by atoms with van der Waals surface area (Å²) in [6.45, 7) is 3.26. The quantitative estimate of drug-likeness (QED) is 0.384. The fourth-order valence-corrected chi connectivity index (χ4v) is 3.44. The van der Waals surface area contributed by atoms with Gasteiger partial charge in [-0.2, -0.15) is 0 Å². The summed E-state index contributed by atoms with van der Waals surface area (Å²) in [4.78, 5) is 24.2. The number of epoxide rings is 2. The number of hydrogen-bond donors (Lipinski definition) is 0. The first-order chi connectivity index (χ1) is 14.0. The van der Waals surface area contributed by atoms with Gasteiger partial charge in [-0.3, -0.25) is 14.3 Å². The molecule has 0 aromatic heterocycles. The van der Waals surface area contributed by atoms with Crippen LogP contribution in [0.3, 0.4) is 0 Å². The second kappa shape index (κ2) is 7.59. The van der Waals surface area contributed by atoms with Gasteiger partial charge in [-0.1, -0.05) is 60.7 Å². The molecule has 4 unspecified atom stereocenters. The molecule has 4 rings (SSSR count). The van der Waals surface area contributed by atoms with E-state index in [2.05, 4.69) is 0 Å². The smallest absolute Gasteiger partial charge is 0.305 e. The lowest BCUT2D eigenvalue weighted by Crippen LogP contribution is -2.52. The number of rotatable bonds is 8. The molecule has 2 fully saturated rings. The standard InChI is InChI=1S/C22H22O7/c1-15(23)27-21(19-13-25-19,17-9-5-3-6-10-17)29-22(20-14-26-20,28-16(2)24)18-11-7-4-8-12-18/h3-12,19-20H,13-14H2,1-2H3. The Balaban J connectivity index is 1.87. The van der Waals surface area contributed by atoms with Gasteiger partial charge in [-0.05, 0) is 0 Å². The number of benzene rings is 2. The van der Waals surface area contributed by atoms with Crippen molar-refractivity contribution in [3.05, 3.63) is 71.8 Å². The Morgan fingerprint density at radius 3 is 1.38 bits per heavy atom. The summed E-state index contributed by atoms with van der Waals surface area (Å²) in [6, 6.07) is 18.0. The van der Waals surface area contributed by atoms with Gasteiger partial charge in [-0.25, -0.2) is 0 Å². The van der Waals surface area contributed by atoms with Crippen molar-refractivity contribution in [1.29, 1.82) is 0 Å². The first-order valence-corrected chi connectivity index (χ1v) is 9.40. The maximum absolute atomic E-state index is 12.1. The third-order valence-corrected chi connectivity index (χ3v) is 4.76. The van der Waals surface area contributed by atoms with Crippen molar-refractivity contribution in [2.45, 2.75) is 37.6 Å². The minimum absolute atomic E-state index is 0.332. The molecule has 0 amide bonds. The lowest BCUT2D eigenvalue weighted by atomic mass is 9.98. The number of carbonyl (C=O) groups excluding carboxylic acids is 2. The van der Waals surface area contributed by atoms with Gasteiger partial charge in [0.2, 0.25) is 0 Å². The topological polar surface area (TPSA) is 86.9 Å². The summed E-state index contributed by atoms with van der Waals surface area (Å²) < 4.78 is 29.1. The number of ether oxygens (including phenoxy) is 5. The van der Waals surface area contributed by atoms with Crippen molar-refractivity contribution >= 4 is 11.9 Å². The predicted molar refractivity (Wildman–Crippen MR) is 100 cm³/mol. The average Bonchev–Trinajstić information content (AvgIpc) is 3.59. The molecule has 2 aliphatic rings. The van der Waals surface area contributed by atoms with Crippen molar-refractivity contribution in [1.82, 2.24) is 0 Å². The van der Waals surface area contributed by atoms with Crippen LogP contribution in [0, 0.1) is 0 Å². The van der Waals surface area contributed by atoms with E-state index in [4.69, 9.17) is 23.7 Å². The first-order valence-electron chi connectivity index (χ1n) is 9.40. The fraction of sp³-hybridized carbons (Fsp3) is 0.364. The third-order valence-electron chi connectivity index (χ3n) is 4.76. The molecule has 2 aromatic rings. The SMILES string of the molecule is CC(=O)OC(OC(OC(C)=O)(c1ccccc1)C1CO1)(c1ccccc1)C1CO1. The van der Waals surface area contributed by atoms with E-state index < -0.39 is 35.7 Å². The Labute approximate surface area is 168 Å². The molecule has 2 aromatic carbocycles. The normalized spacial score (nSPS) is 23.9. The largest absolute Gasteiger partial charge is 0.426 e. The van der Waals surface area contributed by atoms with E-state index in [1.165, 1.54) is 13.8 Å². The van der Waals surface area contributed by atoms with Crippen LogP contribution >= 0.6 is 0 Å². The minimum Gasteiger partial charge on any atom is -0.426 e. The minimum atomic E-state index is -1.61. The van der Waals surface area contributed by atoms with Crippen LogP contribution in [0.15, 0.2) is 60.7 Å². The molecule has 7 heteroatoms. The number of carbonyl (C=O) groups is 2. The zero-order valence-electron chi connectivity index (χ0n) is 16.2. The van der Waals surface area contributed by atoms with Gasteiger partial charge in [-0.15, -0.1) is 0 Å². The molecule has 0 aliphatic carbocycles. The van der Waals surface area contributed by atoms with Crippen LogP contribution in [0.1, 0.15) is 25.0 Å². The highest BCUT2D eigenvalue weighted by atomic mass is 16.8. The molecule has 29 heavy (non-hydrogen) atoms. The number of esters is 2. The van der Waals surface area contributed by atoms with Crippen LogP contribution in [0.25, 0.3) is 0 Å². The van der Waals surface area contributed by atoms with Crippen molar-refractivity contribution in [3.8, 4) is 0 Å². The molecule has 2 aliphatic heterocycles. The summed E-state index contributed by atoms with van der Waals surface area (Å²) in [5.74, 6) is -4.31. The Hall–Kier alpha value is -2.74. The summed E-state index contributed by atoms with van der Waals surface area (Å²) in [5.41, 5.74) is 1.15. The molecule has 0 spiro atoms. The van der Waals surface area contributed by atoms with E-state index in [0.29, 0.717) is 24.3 Å². The van der Waals surface area contributed by atoms with Gasteiger partial charge >= 0.3 is 11.9 Å². The summed E-state index contributed by atoms with van der Waals surface area (Å²) in [7, 11) is 0. The summed E-state index contributed by atoms with van der Waals surface area (Å²) in [6.07, 6.45) is -1.10. The Kier molecular flexibility index (Phi) is 5.12. The van der Waals surface area contributed by atoms with E-state index >= 15 is 0 Å². The maximum Gasteiger partial charge on any atom is 0.305 e. The molecular formula is C22H22O7. The van der Waals surface area contributed by atoms with E-state index in [0.717, 1.165) is 0 Å². The van der Waals surface area contributed by atoms with E-state index in [1.54, 1.807) is 24.3 Å². The zero-order chi connectivity index (χ0) is 20.5. The molecule has 152 valence electrons. The van der Waals surface area contributed by atoms with E-state index in [9.17, 15) is 9.59 Å². The van der Waals surface area contributed by atoms with E-state index in [-0.39, 0.29) is 0 Å². The van der Waals surface area contributed by atoms with Crippen molar-refractivity contribution < 1.29 is 33.3 Å². The Morgan fingerprint density at radius 1 is 0.759 bits per heavy atom. The van der Waals surface area contributed by atoms with Gasteiger partial charge in [0.25, 0.3) is 11.6 Å². The average molecular weight is 398 g/mol. The lowest BCUT2D eigenvalue weighted by Gasteiger charge is -2.41. The molecule has 2 saturated heterocycles. The molecule has 0 N–H and O–H groups in total. The molecule has 0 saturated carbocycles. The molecule has 7 nitrogen and oxygen atoms in total.